The quantitative estimate of drug-likeness (QED) is 0.739. The third kappa shape index (κ3) is 4.71. The van der Waals surface area contributed by atoms with Crippen molar-refractivity contribution >= 4 is 0 Å². The number of hydrogen-bond acceptors (Lipinski definition) is 3. The molecule has 20 heavy (non-hydrogen) atoms. The molecule has 0 aromatic rings. The lowest BCUT2D eigenvalue weighted by atomic mass is 9.80. The largest absolute Gasteiger partial charge is 0.379 e. The molecule has 0 aliphatic carbocycles. The Labute approximate surface area is 125 Å². The van der Waals surface area contributed by atoms with Gasteiger partial charge in [0, 0.05) is 19.1 Å². The molecule has 1 rings (SSSR count). The molecule has 5 atom stereocenters. The van der Waals surface area contributed by atoms with Gasteiger partial charge in [-0.05, 0) is 59.4 Å². The molecule has 1 aliphatic heterocycles. The van der Waals surface area contributed by atoms with Gasteiger partial charge in [-0.3, -0.25) is 0 Å². The summed E-state index contributed by atoms with van der Waals surface area (Å²) in [5.41, 5.74) is -0.0380. The Balaban J connectivity index is 2.68. The molecule has 1 N–H and O–H groups in total. The summed E-state index contributed by atoms with van der Waals surface area (Å²) in [5.74, 6) is 1.22. The standard InChI is InChI=1S/C17H35NO2/c1-8-11-18-15(9-10-17(5,6)19-7)16-12(2)13(3)20-14(16)4/h12-16,18H,8-11H2,1-7H3. The van der Waals surface area contributed by atoms with Gasteiger partial charge in [0.1, 0.15) is 0 Å². The van der Waals surface area contributed by atoms with Crippen molar-refractivity contribution in [3.63, 3.8) is 0 Å². The molecule has 1 aliphatic rings. The monoisotopic (exact) mass is 285 g/mol. The van der Waals surface area contributed by atoms with E-state index >= 15 is 0 Å². The van der Waals surface area contributed by atoms with E-state index in [2.05, 4.69) is 46.9 Å². The van der Waals surface area contributed by atoms with Gasteiger partial charge in [0.05, 0.1) is 17.8 Å². The molecule has 0 aromatic heterocycles. The summed E-state index contributed by atoms with van der Waals surface area (Å²) in [6.45, 7) is 14.4. The summed E-state index contributed by atoms with van der Waals surface area (Å²) in [7, 11) is 1.81. The van der Waals surface area contributed by atoms with Crippen LogP contribution in [0.1, 0.15) is 60.8 Å². The van der Waals surface area contributed by atoms with E-state index in [-0.39, 0.29) is 5.60 Å². The SMILES string of the molecule is CCCNC(CCC(C)(C)OC)C1C(C)OC(C)C1C. The summed E-state index contributed by atoms with van der Waals surface area (Å²) in [6.07, 6.45) is 4.12. The molecule has 3 heteroatoms. The van der Waals surface area contributed by atoms with Crippen LogP contribution < -0.4 is 5.32 Å². The predicted molar refractivity (Wildman–Crippen MR) is 85.1 cm³/mol. The van der Waals surface area contributed by atoms with Gasteiger partial charge in [0.2, 0.25) is 0 Å². The third-order valence-corrected chi connectivity index (χ3v) is 5.05. The average molecular weight is 285 g/mol. The van der Waals surface area contributed by atoms with Crippen molar-refractivity contribution in [1.82, 2.24) is 5.32 Å². The summed E-state index contributed by atoms with van der Waals surface area (Å²) in [6, 6.07) is 0.527. The topological polar surface area (TPSA) is 30.5 Å². The Kier molecular flexibility index (Phi) is 6.96. The maximum Gasteiger partial charge on any atom is 0.0623 e. The number of ether oxygens (including phenoxy) is 2. The Morgan fingerprint density at radius 1 is 1.20 bits per heavy atom. The van der Waals surface area contributed by atoms with Gasteiger partial charge in [-0.15, -0.1) is 0 Å². The van der Waals surface area contributed by atoms with Gasteiger partial charge in [-0.2, -0.15) is 0 Å². The van der Waals surface area contributed by atoms with Crippen molar-refractivity contribution in [1.29, 1.82) is 0 Å². The van der Waals surface area contributed by atoms with E-state index in [0.29, 0.717) is 30.1 Å². The molecule has 1 fully saturated rings. The minimum absolute atomic E-state index is 0.0380. The van der Waals surface area contributed by atoms with Gasteiger partial charge in [-0.25, -0.2) is 0 Å². The van der Waals surface area contributed by atoms with Crippen molar-refractivity contribution in [2.24, 2.45) is 11.8 Å². The highest BCUT2D eigenvalue weighted by molar-refractivity contribution is 4.92. The second-order valence-electron chi connectivity index (χ2n) is 7.05. The van der Waals surface area contributed by atoms with Crippen LogP contribution in [-0.4, -0.2) is 37.5 Å². The second-order valence-corrected chi connectivity index (χ2v) is 7.05. The van der Waals surface area contributed by atoms with Crippen LogP contribution in [0, 0.1) is 11.8 Å². The lowest BCUT2D eigenvalue weighted by Gasteiger charge is -2.33. The summed E-state index contributed by atoms with van der Waals surface area (Å²) < 4.78 is 11.6. The molecule has 3 nitrogen and oxygen atoms in total. The van der Waals surface area contributed by atoms with Crippen LogP contribution in [0.2, 0.25) is 0 Å². The van der Waals surface area contributed by atoms with E-state index in [1.165, 1.54) is 6.42 Å². The molecular formula is C17H35NO2. The number of hydrogen-bond donors (Lipinski definition) is 1. The third-order valence-electron chi connectivity index (χ3n) is 5.05. The Morgan fingerprint density at radius 3 is 2.30 bits per heavy atom. The second kappa shape index (κ2) is 7.77. The van der Waals surface area contributed by atoms with Crippen LogP contribution in [0.3, 0.4) is 0 Å². The van der Waals surface area contributed by atoms with Crippen LogP contribution >= 0.6 is 0 Å². The first-order valence-electron chi connectivity index (χ1n) is 8.26. The van der Waals surface area contributed by atoms with Crippen LogP contribution in [0.4, 0.5) is 0 Å². The van der Waals surface area contributed by atoms with Crippen molar-refractivity contribution in [2.75, 3.05) is 13.7 Å². The maximum absolute atomic E-state index is 6.03. The van der Waals surface area contributed by atoms with E-state index in [1.807, 2.05) is 0 Å². The van der Waals surface area contributed by atoms with Crippen LogP contribution in [0.15, 0.2) is 0 Å². The molecule has 1 saturated heterocycles. The Hall–Kier alpha value is -0.120. The first-order chi connectivity index (χ1) is 9.32. The number of methoxy groups -OCH3 is 1. The molecule has 0 radical (unpaired) electrons. The fraction of sp³-hybridized carbons (Fsp3) is 1.00. The zero-order valence-electron chi connectivity index (χ0n) is 14.5. The van der Waals surface area contributed by atoms with Crippen molar-refractivity contribution < 1.29 is 9.47 Å². The molecule has 0 saturated carbocycles. The highest BCUT2D eigenvalue weighted by Gasteiger charge is 2.41. The highest BCUT2D eigenvalue weighted by Crippen LogP contribution is 2.36. The van der Waals surface area contributed by atoms with Gasteiger partial charge < -0.3 is 14.8 Å². The molecule has 5 unspecified atom stereocenters. The molecule has 0 aromatic carbocycles. The lowest BCUT2D eigenvalue weighted by molar-refractivity contribution is 0.00731. The van der Waals surface area contributed by atoms with Gasteiger partial charge in [0.25, 0.3) is 0 Å². The maximum atomic E-state index is 6.03. The first kappa shape index (κ1) is 17.9. The fourth-order valence-electron chi connectivity index (χ4n) is 3.35. The normalized spacial score (nSPS) is 32.5. The van der Waals surface area contributed by atoms with E-state index in [4.69, 9.17) is 9.47 Å². The Bertz CT molecular complexity index is 280. The van der Waals surface area contributed by atoms with Gasteiger partial charge in [0.15, 0.2) is 0 Å². The van der Waals surface area contributed by atoms with Crippen LogP contribution in [-0.2, 0) is 9.47 Å². The fourth-order valence-corrected chi connectivity index (χ4v) is 3.35. The number of rotatable bonds is 8. The average Bonchev–Trinajstić information content (AvgIpc) is 2.64. The van der Waals surface area contributed by atoms with Crippen molar-refractivity contribution in [3.8, 4) is 0 Å². The van der Waals surface area contributed by atoms with Crippen LogP contribution in [0.25, 0.3) is 0 Å². The summed E-state index contributed by atoms with van der Waals surface area (Å²) in [5, 5.41) is 3.75. The van der Waals surface area contributed by atoms with Gasteiger partial charge >= 0.3 is 0 Å². The van der Waals surface area contributed by atoms with E-state index in [0.717, 1.165) is 19.4 Å². The smallest absolute Gasteiger partial charge is 0.0623 e. The zero-order chi connectivity index (χ0) is 15.3. The minimum atomic E-state index is -0.0380. The van der Waals surface area contributed by atoms with Crippen LogP contribution in [0.5, 0.6) is 0 Å². The summed E-state index contributed by atoms with van der Waals surface area (Å²) >= 11 is 0. The minimum Gasteiger partial charge on any atom is -0.379 e. The molecular weight excluding hydrogens is 250 g/mol. The van der Waals surface area contributed by atoms with Gasteiger partial charge in [-0.1, -0.05) is 13.8 Å². The highest BCUT2D eigenvalue weighted by atomic mass is 16.5. The molecule has 120 valence electrons. The van der Waals surface area contributed by atoms with Crippen molar-refractivity contribution in [3.05, 3.63) is 0 Å². The molecule has 0 spiro atoms. The Morgan fingerprint density at radius 2 is 1.85 bits per heavy atom. The molecule has 0 bridgehead atoms. The molecule has 0 amide bonds. The van der Waals surface area contributed by atoms with Crippen molar-refractivity contribution in [2.45, 2.75) is 84.7 Å². The lowest BCUT2D eigenvalue weighted by Crippen LogP contribution is -2.43. The molecule has 1 heterocycles. The first-order valence-corrected chi connectivity index (χ1v) is 8.26. The number of nitrogens with one attached hydrogen (secondary N) is 1. The predicted octanol–water partition coefficient (Wildman–Crippen LogP) is 3.62. The van der Waals surface area contributed by atoms with E-state index < -0.39 is 0 Å². The zero-order valence-corrected chi connectivity index (χ0v) is 14.5. The summed E-state index contributed by atoms with van der Waals surface area (Å²) in [4.78, 5) is 0. The van der Waals surface area contributed by atoms with E-state index in [9.17, 15) is 0 Å². The van der Waals surface area contributed by atoms with E-state index in [1.54, 1.807) is 7.11 Å².